The van der Waals surface area contributed by atoms with Crippen molar-refractivity contribution in [2.45, 2.75) is 31.5 Å². The lowest BCUT2D eigenvalue weighted by atomic mass is 10.0. The Kier molecular flexibility index (Phi) is 4.31. The molecule has 0 unspecified atom stereocenters. The van der Waals surface area contributed by atoms with Gasteiger partial charge in [0, 0.05) is 42.1 Å². The zero-order chi connectivity index (χ0) is 17.2. The Bertz CT molecular complexity index is 779. The van der Waals surface area contributed by atoms with E-state index in [1.54, 1.807) is 12.4 Å². The Morgan fingerprint density at radius 2 is 2.16 bits per heavy atom. The lowest BCUT2D eigenvalue weighted by Crippen LogP contribution is -2.40. The fourth-order valence-electron chi connectivity index (χ4n) is 3.27. The third kappa shape index (κ3) is 3.32. The summed E-state index contributed by atoms with van der Waals surface area (Å²) in [7, 11) is 0. The zero-order valence-electron chi connectivity index (χ0n) is 13.6. The molecule has 2 atom stereocenters. The highest BCUT2D eigenvalue weighted by atomic mass is 19.1. The molecule has 0 spiro atoms. The Morgan fingerprint density at radius 3 is 2.92 bits per heavy atom. The second-order valence-electron chi connectivity index (χ2n) is 6.26. The van der Waals surface area contributed by atoms with Crippen molar-refractivity contribution < 1.29 is 18.7 Å². The molecule has 1 N–H and O–H groups in total. The third-order valence-electron chi connectivity index (χ3n) is 4.46. The van der Waals surface area contributed by atoms with E-state index in [9.17, 15) is 9.18 Å². The monoisotopic (exact) mass is 343 g/mol. The SMILES string of the molecule is O=C(NC[C@H]1Cc2cc(F)cc(-c3cncnc3)c2O1)[C@H]1CCCO1. The molecule has 2 aliphatic heterocycles. The van der Waals surface area contributed by atoms with Crippen LogP contribution in [0, 0.1) is 5.82 Å². The molecule has 1 saturated heterocycles. The average Bonchev–Trinajstić information content (AvgIpc) is 3.29. The van der Waals surface area contributed by atoms with Crippen LogP contribution in [0.4, 0.5) is 4.39 Å². The van der Waals surface area contributed by atoms with E-state index in [1.807, 2.05) is 0 Å². The van der Waals surface area contributed by atoms with Gasteiger partial charge in [0.05, 0.1) is 6.54 Å². The van der Waals surface area contributed by atoms with E-state index < -0.39 is 0 Å². The number of rotatable bonds is 4. The Hall–Kier alpha value is -2.54. The van der Waals surface area contributed by atoms with Crippen molar-refractivity contribution in [3.8, 4) is 16.9 Å². The van der Waals surface area contributed by atoms with Crippen molar-refractivity contribution in [1.29, 1.82) is 0 Å². The molecule has 2 aromatic rings. The highest BCUT2D eigenvalue weighted by Crippen LogP contribution is 2.39. The number of benzene rings is 1. The van der Waals surface area contributed by atoms with Gasteiger partial charge in [-0.1, -0.05) is 0 Å². The molecule has 4 rings (SSSR count). The van der Waals surface area contributed by atoms with E-state index >= 15 is 0 Å². The number of carbonyl (C=O) groups excluding carboxylic acids is 1. The van der Waals surface area contributed by atoms with Gasteiger partial charge in [-0.2, -0.15) is 0 Å². The molecule has 0 radical (unpaired) electrons. The fourth-order valence-corrected chi connectivity index (χ4v) is 3.27. The lowest BCUT2D eigenvalue weighted by molar-refractivity contribution is -0.130. The second-order valence-corrected chi connectivity index (χ2v) is 6.26. The van der Waals surface area contributed by atoms with Crippen LogP contribution in [0.25, 0.3) is 11.1 Å². The summed E-state index contributed by atoms with van der Waals surface area (Å²) in [6, 6.07) is 2.90. The summed E-state index contributed by atoms with van der Waals surface area (Å²) in [4.78, 5) is 20.0. The first-order chi connectivity index (χ1) is 12.2. The van der Waals surface area contributed by atoms with Gasteiger partial charge in [0.1, 0.15) is 30.1 Å². The predicted octanol–water partition coefficient (Wildman–Crippen LogP) is 1.88. The highest BCUT2D eigenvalue weighted by Gasteiger charge is 2.29. The summed E-state index contributed by atoms with van der Waals surface area (Å²) in [6.45, 7) is 0.991. The highest BCUT2D eigenvalue weighted by molar-refractivity contribution is 5.81. The smallest absolute Gasteiger partial charge is 0.249 e. The van der Waals surface area contributed by atoms with Crippen LogP contribution in [0.15, 0.2) is 30.9 Å². The van der Waals surface area contributed by atoms with Gasteiger partial charge in [-0.15, -0.1) is 0 Å². The van der Waals surface area contributed by atoms with Gasteiger partial charge in [0.25, 0.3) is 0 Å². The standard InChI is InChI=1S/C18H18FN3O3/c19-13-4-11-5-14(9-22-18(23)16-2-1-3-24-16)25-17(11)15(6-13)12-7-20-10-21-8-12/h4,6-8,10,14,16H,1-3,5,9H2,(H,22,23)/t14-,16-/m1/s1. The second kappa shape index (κ2) is 6.76. The Balaban J connectivity index is 1.48. The van der Waals surface area contributed by atoms with Gasteiger partial charge in [0.2, 0.25) is 5.91 Å². The topological polar surface area (TPSA) is 73.3 Å². The van der Waals surface area contributed by atoms with Crippen LogP contribution in [0.1, 0.15) is 18.4 Å². The number of aromatic nitrogens is 2. The summed E-state index contributed by atoms with van der Waals surface area (Å²) in [6.07, 6.45) is 6.28. The number of nitrogens with one attached hydrogen (secondary N) is 1. The van der Waals surface area contributed by atoms with E-state index in [0.717, 1.165) is 18.4 Å². The first-order valence-corrected chi connectivity index (χ1v) is 8.34. The molecule has 1 fully saturated rings. The molecule has 7 heteroatoms. The molecule has 0 saturated carbocycles. The van der Waals surface area contributed by atoms with E-state index in [-0.39, 0.29) is 23.9 Å². The number of ether oxygens (including phenoxy) is 2. The molecule has 0 bridgehead atoms. The summed E-state index contributed by atoms with van der Waals surface area (Å²) in [5.74, 6) is 0.192. The molecule has 1 amide bonds. The number of amides is 1. The number of halogens is 1. The van der Waals surface area contributed by atoms with Gasteiger partial charge in [-0.05, 0) is 25.0 Å². The number of hydrogen-bond acceptors (Lipinski definition) is 5. The molecule has 6 nitrogen and oxygen atoms in total. The number of hydrogen-bond donors (Lipinski definition) is 1. The molecule has 1 aromatic heterocycles. The van der Waals surface area contributed by atoms with Crippen LogP contribution >= 0.6 is 0 Å². The van der Waals surface area contributed by atoms with Crippen LogP contribution in [-0.4, -0.2) is 41.2 Å². The molecule has 130 valence electrons. The van der Waals surface area contributed by atoms with E-state index in [4.69, 9.17) is 9.47 Å². The first kappa shape index (κ1) is 16.0. The summed E-state index contributed by atoms with van der Waals surface area (Å²) < 4.78 is 25.3. The number of nitrogens with zero attached hydrogens (tertiary/aromatic N) is 2. The minimum Gasteiger partial charge on any atom is -0.487 e. The lowest BCUT2D eigenvalue weighted by Gasteiger charge is -2.15. The van der Waals surface area contributed by atoms with Crippen LogP contribution in [0.5, 0.6) is 5.75 Å². The van der Waals surface area contributed by atoms with Crippen LogP contribution < -0.4 is 10.1 Å². The van der Waals surface area contributed by atoms with Gasteiger partial charge < -0.3 is 14.8 Å². The minimum absolute atomic E-state index is 0.111. The molecular weight excluding hydrogens is 325 g/mol. The number of carbonyl (C=O) groups is 1. The van der Waals surface area contributed by atoms with Crippen molar-refractivity contribution in [3.05, 3.63) is 42.2 Å². The number of fused-ring (bicyclic) bond motifs is 1. The summed E-state index contributed by atoms with van der Waals surface area (Å²) in [5.41, 5.74) is 2.11. The molecule has 3 heterocycles. The van der Waals surface area contributed by atoms with Gasteiger partial charge >= 0.3 is 0 Å². The van der Waals surface area contributed by atoms with Crippen molar-refractivity contribution in [2.75, 3.05) is 13.2 Å². The molecule has 0 aliphatic carbocycles. The average molecular weight is 343 g/mol. The van der Waals surface area contributed by atoms with Crippen molar-refractivity contribution >= 4 is 5.91 Å². The van der Waals surface area contributed by atoms with E-state index in [2.05, 4.69) is 15.3 Å². The summed E-state index contributed by atoms with van der Waals surface area (Å²) in [5, 5.41) is 2.87. The van der Waals surface area contributed by atoms with Crippen LogP contribution in [0.3, 0.4) is 0 Å². The van der Waals surface area contributed by atoms with Gasteiger partial charge in [0.15, 0.2) is 0 Å². The third-order valence-corrected chi connectivity index (χ3v) is 4.46. The largest absolute Gasteiger partial charge is 0.487 e. The maximum atomic E-state index is 14.0. The van der Waals surface area contributed by atoms with E-state index in [1.165, 1.54) is 18.5 Å². The molecule has 25 heavy (non-hydrogen) atoms. The van der Waals surface area contributed by atoms with Crippen LogP contribution in [0.2, 0.25) is 0 Å². The van der Waals surface area contributed by atoms with Gasteiger partial charge in [-0.3, -0.25) is 4.79 Å². The molecule has 2 aliphatic rings. The quantitative estimate of drug-likeness (QED) is 0.918. The molecule has 1 aromatic carbocycles. The van der Waals surface area contributed by atoms with E-state index in [0.29, 0.717) is 36.4 Å². The van der Waals surface area contributed by atoms with Gasteiger partial charge in [-0.25, -0.2) is 14.4 Å². The van der Waals surface area contributed by atoms with Crippen molar-refractivity contribution in [1.82, 2.24) is 15.3 Å². The maximum Gasteiger partial charge on any atom is 0.249 e. The summed E-state index contributed by atoms with van der Waals surface area (Å²) >= 11 is 0. The Labute approximate surface area is 144 Å². The first-order valence-electron chi connectivity index (χ1n) is 8.34. The zero-order valence-corrected chi connectivity index (χ0v) is 13.6. The molecular formula is C18H18FN3O3. The normalized spacial score (nSPS) is 21.6. The van der Waals surface area contributed by atoms with Crippen molar-refractivity contribution in [3.63, 3.8) is 0 Å². The Morgan fingerprint density at radius 1 is 1.32 bits per heavy atom. The maximum absolute atomic E-state index is 14.0. The van der Waals surface area contributed by atoms with Crippen molar-refractivity contribution in [2.24, 2.45) is 0 Å². The van der Waals surface area contributed by atoms with Crippen LogP contribution in [-0.2, 0) is 16.0 Å². The predicted molar refractivity (Wildman–Crippen MR) is 87.5 cm³/mol. The fraction of sp³-hybridized carbons (Fsp3) is 0.389. The minimum atomic E-state index is -0.363.